The molecule has 0 aromatic heterocycles. The van der Waals surface area contributed by atoms with Gasteiger partial charge in [0.2, 0.25) is 5.91 Å². The predicted molar refractivity (Wildman–Crippen MR) is 80.0 cm³/mol. The van der Waals surface area contributed by atoms with Crippen molar-refractivity contribution in [3.63, 3.8) is 0 Å². The molecule has 0 atom stereocenters. The van der Waals surface area contributed by atoms with Gasteiger partial charge < -0.3 is 10.6 Å². The largest absolute Gasteiger partial charge is 0.392 e. The highest BCUT2D eigenvalue weighted by atomic mass is 32.1. The second kappa shape index (κ2) is 6.63. The van der Waals surface area contributed by atoms with E-state index >= 15 is 0 Å². The first-order valence-electron chi connectivity index (χ1n) is 6.47. The molecule has 1 aliphatic rings. The van der Waals surface area contributed by atoms with E-state index < -0.39 is 0 Å². The number of benzene rings is 1. The number of nitrogens with two attached hydrogens (primary N) is 1. The number of piperazine rings is 1. The summed E-state index contributed by atoms with van der Waals surface area (Å²) in [6.45, 7) is 3.86. The van der Waals surface area contributed by atoms with Gasteiger partial charge in [0.15, 0.2) is 0 Å². The molecule has 1 aliphatic heterocycles. The molecule has 0 radical (unpaired) electrons. The molecule has 4 nitrogen and oxygen atoms in total. The average Bonchev–Trinajstić information content (AvgIpc) is 2.40. The summed E-state index contributed by atoms with van der Waals surface area (Å²) in [5, 5.41) is 0. The lowest BCUT2D eigenvalue weighted by Crippen LogP contribution is -2.50. The Labute approximate surface area is 119 Å². The van der Waals surface area contributed by atoms with Crippen LogP contribution in [0.4, 0.5) is 0 Å². The Hall–Kier alpha value is -1.46. The van der Waals surface area contributed by atoms with Crippen molar-refractivity contribution in [3.8, 4) is 0 Å². The van der Waals surface area contributed by atoms with Crippen molar-refractivity contribution in [3.05, 3.63) is 35.9 Å². The number of hydrogen-bond acceptors (Lipinski definition) is 3. The van der Waals surface area contributed by atoms with Gasteiger partial charge in [-0.3, -0.25) is 9.69 Å². The van der Waals surface area contributed by atoms with Gasteiger partial charge in [0.25, 0.3) is 0 Å². The molecule has 0 saturated carbocycles. The van der Waals surface area contributed by atoms with Gasteiger partial charge in [0, 0.05) is 32.7 Å². The third-order valence-electron chi connectivity index (χ3n) is 3.30. The maximum absolute atomic E-state index is 12.2. The normalized spacial score (nSPS) is 16.3. The molecule has 1 heterocycles. The topological polar surface area (TPSA) is 49.6 Å². The Morgan fingerprint density at radius 1 is 1.16 bits per heavy atom. The van der Waals surface area contributed by atoms with Crippen LogP contribution in [0, 0.1) is 0 Å². The first kappa shape index (κ1) is 14.0. The van der Waals surface area contributed by atoms with Gasteiger partial charge in [0.1, 0.15) is 0 Å². The summed E-state index contributed by atoms with van der Waals surface area (Å²) in [5.74, 6) is 0.196. The van der Waals surface area contributed by atoms with E-state index in [1.807, 2.05) is 35.2 Å². The van der Waals surface area contributed by atoms with E-state index in [1.165, 1.54) is 0 Å². The fourth-order valence-electron chi connectivity index (χ4n) is 2.26. The maximum atomic E-state index is 12.2. The third-order valence-corrected chi connectivity index (χ3v) is 3.43. The minimum atomic E-state index is 0.196. The highest BCUT2D eigenvalue weighted by molar-refractivity contribution is 7.80. The van der Waals surface area contributed by atoms with Crippen LogP contribution in [-0.2, 0) is 11.2 Å². The van der Waals surface area contributed by atoms with Gasteiger partial charge in [-0.15, -0.1) is 0 Å². The Bertz CT molecular complexity index is 441. The van der Waals surface area contributed by atoms with Crippen molar-refractivity contribution in [2.45, 2.75) is 6.42 Å². The molecule has 2 rings (SSSR count). The molecule has 5 heteroatoms. The summed E-state index contributed by atoms with van der Waals surface area (Å²) >= 11 is 4.90. The van der Waals surface area contributed by atoms with Gasteiger partial charge in [-0.2, -0.15) is 0 Å². The number of carbonyl (C=O) groups is 1. The summed E-state index contributed by atoms with van der Waals surface area (Å²) in [7, 11) is 0. The molecule has 102 valence electrons. The zero-order valence-corrected chi connectivity index (χ0v) is 11.7. The predicted octanol–water partition coefficient (Wildman–Crippen LogP) is 0.659. The Morgan fingerprint density at radius 2 is 1.79 bits per heavy atom. The van der Waals surface area contributed by atoms with Gasteiger partial charge in [0.05, 0.1) is 11.4 Å². The quantitative estimate of drug-likeness (QED) is 0.822. The van der Waals surface area contributed by atoms with E-state index in [4.69, 9.17) is 18.0 Å². The van der Waals surface area contributed by atoms with Crippen LogP contribution in [0.25, 0.3) is 0 Å². The van der Waals surface area contributed by atoms with Crippen molar-refractivity contribution < 1.29 is 4.79 Å². The van der Waals surface area contributed by atoms with Gasteiger partial charge >= 0.3 is 0 Å². The van der Waals surface area contributed by atoms with E-state index in [0.29, 0.717) is 18.0 Å². The monoisotopic (exact) mass is 277 g/mol. The summed E-state index contributed by atoms with van der Waals surface area (Å²) in [6, 6.07) is 9.86. The number of rotatable bonds is 4. The van der Waals surface area contributed by atoms with E-state index in [0.717, 1.165) is 31.7 Å². The molecule has 1 aromatic carbocycles. The highest BCUT2D eigenvalue weighted by Crippen LogP contribution is 2.06. The zero-order valence-electron chi connectivity index (χ0n) is 10.9. The molecule has 1 fully saturated rings. The summed E-state index contributed by atoms with van der Waals surface area (Å²) in [6.07, 6.45) is 0.482. The van der Waals surface area contributed by atoms with Gasteiger partial charge in [-0.05, 0) is 5.56 Å². The highest BCUT2D eigenvalue weighted by Gasteiger charge is 2.21. The third kappa shape index (κ3) is 4.29. The molecule has 1 saturated heterocycles. The van der Waals surface area contributed by atoms with Crippen LogP contribution >= 0.6 is 12.2 Å². The zero-order chi connectivity index (χ0) is 13.7. The van der Waals surface area contributed by atoms with Gasteiger partial charge in [-0.1, -0.05) is 42.5 Å². The molecular formula is C14H19N3OS. The van der Waals surface area contributed by atoms with Crippen LogP contribution in [0.5, 0.6) is 0 Å². The Morgan fingerprint density at radius 3 is 2.37 bits per heavy atom. The molecule has 2 N–H and O–H groups in total. The minimum Gasteiger partial charge on any atom is -0.392 e. The molecule has 1 aromatic rings. The lowest BCUT2D eigenvalue weighted by Gasteiger charge is -2.34. The fourth-order valence-corrected chi connectivity index (χ4v) is 2.44. The number of thiocarbonyl (C=S) groups is 1. The first-order chi connectivity index (χ1) is 9.15. The summed E-state index contributed by atoms with van der Waals surface area (Å²) < 4.78 is 0. The van der Waals surface area contributed by atoms with E-state index in [1.54, 1.807) is 0 Å². The van der Waals surface area contributed by atoms with Crippen molar-refractivity contribution in [2.75, 3.05) is 32.7 Å². The molecule has 0 bridgehead atoms. The van der Waals surface area contributed by atoms with Crippen molar-refractivity contribution >= 4 is 23.1 Å². The van der Waals surface area contributed by atoms with Crippen LogP contribution in [0.1, 0.15) is 5.56 Å². The molecule has 1 amide bonds. The lowest BCUT2D eigenvalue weighted by molar-refractivity contribution is -0.132. The Balaban J connectivity index is 1.81. The SMILES string of the molecule is NC(=S)CN1CCN(C(=O)Cc2ccccc2)CC1. The molecule has 0 spiro atoms. The van der Waals surface area contributed by atoms with Gasteiger partial charge in [-0.25, -0.2) is 0 Å². The fraction of sp³-hybridized carbons (Fsp3) is 0.429. The van der Waals surface area contributed by atoms with Crippen LogP contribution < -0.4 is 5.73 Å². The van der Waals surface area contributed by atoms with Crippen molar-refractivity contribution in [1.29, 1.82) is 0 Å². The molecular weight excluding hydrogens is 258 g/mol. The van der Waals surface area contributed by atoms with Crippen molar-refractivity contribution in [2.24, 2.45) is 5.73 Å². The van der Waals surface area contributed by atoms with Crippen molar-refractivity contribution in [1.82, 2.24) is 9.80 Å². The Kier molecular flexibility index (Phi) is 4.87. The van der Waals surface area contributed by atoms with Crippen LogP contribution in [0.2, 0.25) is 0 Å². The number of carbonyl (C=O) groups excluding carboxylic acids is 1. The molecule has 19 heavy (non-hydrogen) atoms. The lowest BCUT2D eigenvalue weighted by atomic mass is 10.1. The summed E-state index contributed by atoms with van der Waals surface area (Å²) in [5.41, 5.74) is 6.60. The first-order valence-corrected chi connectivity index (χ1v) is 6.88. The van der Waals surface area contributed by atoms with Crippen LogP contribution in [0.3, 0.4) is 0 Å². The van der Waals surface area contributed by atoms with E-state index in [2.05, 4.69) is 4.90 Å². The number of hydrogen-bond donors (Lipinski definition) is 1. The minimum absolute atomic E-state index is 0.196. The number of nitrogens with zero attached hydrogens (tertiary/aromatic N) is 2. The van der Waals surface area contributed by atoms with Crippen LogP contribution in [0.15, 0.2) is 30.3 Å². The second-order valence-corrected chi connectivity index (χ2v) is 5.31. The molecule has 0 aliphatic carbocycles. The average molecular weight is 277 g/mol. The van der Waals surface area contributed by atoms with Crippen LogP contribution in [-0.4, -0.2) is 53.4 Å². The molecule has 0 unspecified atom stereocenters. The van der Waals surface area contributed by atoms with E-state index in [9.17, 15) is 4.79 Å². The summed E-state index contributed by atoms with van der Waals surface area (Å²) in [4.78, 5) is 16.8. The second-order valence-electron chi connectivity index (χ2n) is 4.79. The standard InChI is InChI=1S/C14H19N3OS/c15-13(19)11-16-6-8-17(9-7-16)14(18)10-12-4-2-1-3-5-12/h1-5H,6-11H2,(H2,15,19). The smallest absolute Gasteiger partial charge is 0.227 e. The maximum Gasteiger partial charge on any atom is 0.227 e. The van der Waals surface area contributed by atoms with E-state index in [-0.39, 0.29) is 5.91 Å². The number of amides is 1.